The maximum atomic E-state index is 2.64. The average molecular weight is 1340 g/mol. The molecule has 0 saturated carbocycles. The van der Waals surface area contributed by atoms with E-state index in [9.17, 15) is 0 Å². The van der Waals surface area contributed by atoms with Gasteiger partial charge in [0.2, 0.25) is 6.71 Å². The number of hydrogen-bond donors (Lipinski definition) is 0. The van der Waals surface area contributed by atoms with E-state index in [4.69, 9.17) is 0 Å². The first-order valence-electron chi connectivity index (χ1n) is 35.8. The molecule has 0 unspecified atom stereocenters. The van der Waals surface area contributed by atoms with Gasteiger partial charge in [-0.05, 0) is 199 Å². The van der Waals surface area contributed by atoms with Gasteiger partial charge in [-0.25, -0.2) is 0 Å². The Morgan fingerprint density at radius 3 is 0.846 bits per heavy atom. The Labute approximate surface area is 612 Å². The SMILES string of the molecule is c1ccc(-c2ccc(N(c3ccc(-c4ccccc4)cc3)c3cc4c5c(c3)N(c3ccccc3)c3ccccc3B5c3cc5c(cc3S4)N(c3ccccc3)c3cc(N(c4ccc(-c6ccccc6)cc4)c4ccc(-c6ccccc6)cc4)cc4c3B5c3ccccc3N4c3ccccc3)cc2)cc1. The fraction of sp³-hybridized carbons (Fsp3) is 0. The molecule has 104 heavy (non-hydrogen) atoms. The zero-order chi connectivity index (χ0) is 68.6. The molecule has 16 aromatic carbocycles. The van der Waals surface area contributed by atoms with Crippen LogP contribution >= 0.6 is 11.8 Å². The molecule has 5 nitrogen and oxygen atoms in total. The number of fused-ring (bicyclic) bond motifs is 8. The summed E-state index contributed by atoms with van der Waals surface area (Å²) >= 11 is 1.91. The second kappa shape index (κ2) is 25.6. The highest BCUT2D eigenvalue weighted by Crippen LogP contribution is 2.52. The van der Waals surface area contributed by atoms with Gasteiger partial charge < -0.3 is 24.5 Å². The van der Waals surface area contributed by atoms with Gasteiger partial charge in [0.05, 0.1) is 5.69 Å². The number of rotatable bonds is 13. The Kier molecular flexibility index (Phi) is 15.0. The second-order valence-electron chi connectivity index (χ2n) is 27.1. The molecule has 486 valence electrons. The predicted molar refractivity (Wildman–Crippen MR) is 441 cm³/mol. The van der Waals surface area contributed by atoms with E-state index >= 15 is 0 Å². The standard InChI is InChI=1S/C96H65B2N5S/c1-8-26-66(27-9-1)70-44-52-77(53-45-70)99(78-54-46-71(47-55-78)67-28-10-2-11-29-67)81-60-90-95-91(61-81)103(76-38-20-7-21-39-76)89-65-93-86(64-85(89)97(95)83-40-22-24-42-87(83)101(90)74-34-16-5-17-35-74)98-84-41-23-25-43-88(84)102(75-36-18-6-19-37-75)92-62-82(63-94(104-93)96(92)98)100(79-56-48-72(49-57-79)68-30-12-3-13-31-68)80-58-50-73(51-59-80)69-32-14-4-15-33-69/h1-65H. The predicted octanol–water partition coefficient (Wildman–Crippen LogP) is 22.1. The number of nitrogens with zero attached hydrogens (tertiary/aromatic N) is 5. The molecule has 0 aliphatic carbocycles. The summed E-state index contributed by atoms with van der Waals surface area (Å²) in [5.74, 6) is 0. The summed E-state index contributed by atoms with van der Waals surface area (Å²) in [5.41, 5.74) is 33.7. The van der Waals surface area contributed by atoms with Gasteiger partial charge in [-0.2, -0.15) is 0 Å². The molecule has 0 radical (unpaired) electrons. The minimum Gasteiger partial charge on any atom is -0.311 e. The summed E-state index contributed by atoms with van der Waals surface area (Å²) in [7, 11) is 0. The Morgan fingerprint density at radius 2 is 0.481 bits per heavy atom. The van der Waals surface area contributed by atoms with Crippen LogP contribution in [0.5, 0.6) is 0 Å². The lowest BCUT2D eigenvalue weighted by molar-refractivity contribution is 1.22. The van der Waals surface area contributed by atoms with Crippen molar-refractivity contribution in [1.82, 2.24) is 0 Å². The highest BCUT2D eigenvalue weighted by atomic mass is 32.2. The van der Waals surface area contributed by atoms with Crippen LogP contribution in [0.25, 0.3) is 44.5 Å². The fourth-order valence-corrected chi connectivity index (χ4v) is 17.8. The Bertz CT molecular complexity index is 5710. The van der Waals surface area contributed by atoms with E-state index in [1.165, 1.54) is 81.6 Å². The molecule has 0 fully saturated rings. The number of anilines is 15. The van der Waals surface area contributed by atoms with Crippen LogP contribution in [-0.4, -0.2) is 13.4 Å². The monoisotopic (exact) mass is 1340 g/mol. The largest absolute Gasteiger partial charge is 0.311 e. The van der Waals surface area contributed by atoms with Gasteiger partial charge in [-0.1, -0.05) is 284 Å². The van der Waals surface area contributed by atoms with E-state index in [1.807, 2.05) is 11.8 Å². The van der Waals surface area contributed by atoms with Crippen LogP contribution in [0, 0.1) is 0 Å². The molecule has 4 heterocycles. The third-order valence-corrected chi connectivity index (χ3v) is 22.4. The zero-order valence-electron chi connectivity index (χ0n) is 56.8. The topological polar surface area (TPSA) is 16.2 Å². The summed E-state index contributed by atoms with van der Waals surface area (Å²) in [6, 6.07) is 146. The molecular formula is C96H65B2N5S. The molecule has 4 aliphatic rings. The molecule has 8 heteroatoms. The zero-order valence-corrected chi connectivity index (χ0v) is 57.6. The van der Waals surface area contributed by atoms with E-state index in [0.29, 0.717) is 0 Å². The van der Waals surface area contributed by atoms with E-state index in [2.05, 4.69) is 419 Å². The lowest BCUT2D eigenvalue weighted by Gasteiger charge is -2.46. The van der Waals surface area contributed by atoms with E-state index < -0.39 is 0 Å². The van der Waals surface area contributed by atoms with E-state index in [1.54, 1.807) is 0 Å². The normalized spacial score (nSPS) is 12.7. The maximum absolute atomic E-state index is 2.64. The third-order valence-electron chi connectivity index (χ3n) is 21.2. The van der Waals surface area contributed by atoms with Gasteiger partial charge in [-0.3, -0.25) is 0 Å². The lowest BCUT2D eigenvalue weighted by Crippen LogP contribution is -2.64. The number of benzene rings is 16. The summed E-state index contributed by atoms with van der Waals surface area (Å²) < 4.78 is 0. The van der Waals surface area contributed by atoms with Crippen LogP contribution in [0.4, 0.5) is 85.3 Å². The Hall–Kier alpha value is -13.0. The fourth-order valence-electron chi connectivity index (χ4n) is 16.6. The van der Waals surface area contributed by atoms with Crippen molar-refractivity contribution < 1.29 is 0 Å². The summed E-state index contributed by atoms with van der Waals surface area (Å²) in [5, 5.41) is 0. The molecule has 0 spiro atoms. The van der Waals surface area contributed by atoms with Crippen molar-refractivity contribution in [2.75, 3.05) is 24.5 Å². The van der Waals surface area contributed by atoms with Crippen LogP contribution in [-0.2, 0) is 0 Å². The molecule has 0 bridgehead atoms. The first kappa shape index (κ1) is 60.9. The summed E-state index contributed by atoms with van der Waals surface area (Å²) in [4.78, 5) is 15.0. The highest BCUT2D eigenvalue weighted by Gasteiger charge is 2.48. The molecule has 0 aromatic heterocycles. The van der Waals surface area contributed by atoms with E-state index in [0.717, 1.165) is 90.8 Å². The minimum absolute atomic E-state index is 0.112. The van der Waals surface area contributed by atoms with Crippen molar-refractivity contribution in [2.45, 2.75) is 9.79 Å². The molecule has 4 aliphatic heterocycles. The molecule has 0 atom stereocenters. The van der Waals surface area contributed by atoms with Gasteiger partial charge >= 0.3 is 0 Å². The minimum atomic E-state index is -0.155. The maximum Gasteiger partial charge on any atom is 0.252 e. The van der Waals surface area contributed by atoms with E-state index in [-0.39, 0.29) is 13.4 Å². The van der Waals surface area contributed by atoms with Crippen molar-refractivity contribution in [2.24, 2.45) is 0 Å². The smallest absolute Gasteiger partial charge is 0.252 e. The van der Waals surface area contributed by atoms with Gasteiger partial charge in [0.25, 0.3) is 6.71 Å². The first-order valence-corrected chi connectivity index (χ1v) is 36.6. The highest BCUT2D eigenvalue weighted by molar-refractivity contribution is 8.00. The molecular weight excluding hydrogens is 1280 g/mol. The van der Waals surface area contributed by atoms with Crippen LogP contribution < -0.4 is 57.3 Å². The Balaban J connectivity index is 0.819. The third kappa shape index (κ3) is 10.4. The van der Waals surface area contributed by atoms with Crippen LogP contribution in [0.15, 0.2) is 404 Å². The van der Waals surface area contributed by atoms with Crippen molar-refractivity contribution in [1.29, 1.82) is 0 Å². The Morgan fingerprint density at radius 1 is 0.192 bits per heavy atom. The molecule has 0 amide bonds. The second-order valence-corrected chi connectivity index (χ2v) is 28.2. The van der Waals surface area contributed by atoms with Gasteiger partial charge in [0.15, 0.2) is 0 Å². The van der Waals surface area contributed by atoms with Crippen LogP contribution in [0.3, 0.4) is 0 Å². The van der Waals surface area contributed by atoms with Crippen LogP contribution in [0.2, 0.25) is 0 Å². The number of hydrogen-bond acceptors (Lipinski definition) is 6. The average Bonchev–Trinajstić information content (AvgIpc) is 0.691. The van der Waals surface area contributed by atoms with Gasteiger partial charge in [-0.15, -0.1) is 0 Å². The van der Waals surface area contributed by atoms with Crippen molar-refractivity contribution in [3.63, 3.8) is 0 Å². The van der Waals surface area contributed by atoms with Crippen molar-refractivity contribution in [3.8, 4) is 44.5 Å². The quantitative estimate of drug-likeness (QED) is 0.106. The summed E-state index contributed by atoms with van der Waals surface area (Å²) in [6.07, 6.45) is 0. The van der Waals surface area contributed by atoms with Gasteiger partial charge in [0.1, 0.15) is 0 Å². The summed E-state index contributed by atoms with van der Waals surface area (Å²) in [6.45, 7) is -0.268. The number of para-hydroxylation sites is 5. The van der Waals surface area contributed by atoms with Crippen molar-refractivity contribution in [3.05, 3.63) is 394 Å². The van der Waals surface area contributed by atoms with Crippen molar-refractivity contribution >= 4 is 143 Å². The molecule has 0 saturated heterocycles. The van der Waals surface area contributed by atoms with Gasteiger partial charge in [0, 0.05) is 89.4 Å². The molecule has 20 rings (SSSR count). The van der Waals surface area contributed by atoms with Crippen LogP contribution in [0.1, 0.15) is 0 Å². The molecule has 16 aromatic rings. The first-order chi connectivity index (χ1) is 51.6. The lowest BCUT2D eigenvalue weighted by atomic mass is 9.31. The molecule has 0 N–H and O–H groups in total.